The molecule has 0 saturated heterocycles. The van der Waals surface area contributed by atoms with E-state index in [1.807, 2.05) is 18.2 Å². The van der Waals surface area contributed by atoms with Crippen molar-refractivity contribution in [2.24, 2.45) is 0 Å². The molecule has 4 heteroatoms. The van der Waals surface area contributed by atoms with Gasteiger partial charge in [-0.15, -0.1) is 0 Å². The number of hydrogen-bond donors (Lipinski definition) is 0. The predicted octanol–water partition coefficient (Wildman–Crippen LogP) is 3.55. The molecule has 0 aliphatic rings. The molecule has 3 aromatic rings. The minimum absolute atomic E-state index is 0.435. The van der Waals surface area contributed by atoms with Crippen LogP contribution in [0.25, 0.3) is 10.8 Å². The Morgan fingerprint density at radius 3 is 2.00 bits per heavy atom. The van der Waals surface area contributed by atoms with E-state index in [0.29, 0.717) is 7.22 Å². The normalized spacial score (nSPS) is 12.0. The maximum atomic E-state index is 13.7. The Balaban J connectivity index is 2.25. The third kappa shape index (κ3) is 2.92. The zero-order valence-electron chi connectivity index (χ0n) is 11.0. The van der Waals surface area contributed by atoms with Crippen molar-refractivity contribution >= 4 is 37.5 Å². The maximum absolute atomic E-state index is 13.7. The molecule has 0 spiro atoms. The van der Waals surface area contributed by atoms with Crippen molar-refractivity contribution in [3.8, 4) is 0 Å². The zero-order valence-corrected chi connectivity index (χ0v) is 13.3. The van der Waals surface area contributed by atoms with Crippen molar-refractivity contribution in [1.82, 2.24) is 0 Å². The van der Waals surface area contributed by atoms with Crippen LogP contribution in [-0.2, 0) is 0 Å². The Bertz CT molecular complexity index is 745. The molecule has 21 heavy (non-hydrogen) atoms. The monoisotopic (exact) mass is 403 g/mol. The van der Waals surface area contributed by atoms with Crippen LogP contribution in [0, 0.1) is 0 Å². The van der Waals surface area contributed by atoms with Gasteiger partial charge in [0.1, 0.15) is 0 Å². The topological polar surface area (TPSA) is 0 Å². The van der Waals surface area contributed by atoms with E-state index < -0.39 is 23.8 Å². The summed E-state index contributed by atoms with van der Waals surface area (Å²) in [7, 11) is 0. The van der Waals surface area contributed by atoms with E-state index in [2.05, 4.69) is 0 Å². The molecule has 0 aliphatic carbocycles. The Hall–Kier alpha value is -1.50. The van der Waals surface area contributed by atoms with E-state index in [4.69, 9.17) is 0 Å². The molecule has 0 aliphatic heterocycles. The SMILES string of the molecule is FC(F)(F)[Te+](c1ccccc1)c1cccc2ccccc12. The van der Waals surface area contributed by atoms with Crippen LogP contribution in [0.4, 0.5) is 13.2 Å². The van der Waals surface area contributed by atoms with Crippen molar-refractivity contribution in [3.05, 3.63) is 72.8 Å². The molecule has 0 N–H and O–H groups in total. The van der Waals surface area contributed by atoms with Gasteiger partial charge >= 0.3 is 128 Å². The predicted molar refractivity (Wildman–Crippen MR) is 81.5 cm³/mol. The third-order valence-electron chi connectivity index (χ3n) is 3.18. The average Bonchev–Trinajstić information content (AvgIpc) is 2.47. The first kappa shape index (κ1) is 14.4. The molecule has 0 saturated carbocycles. The van der Waals surface area contributed by atoms with E-state index in [1.54, 1.807) is 54.6 Å². The molecule has 0 heterocycles. The minimum atomic E-state index is -4.16. The molecule has 0 nitrogen and oxygen atoms in total. The first-order valence-corrected chi connectivity index (χ1v) is 9.91. The molecular formula is C17H12F3Te+. The van der Waals surface area contributed by atoms with Gasteiger partial charge in [0.25, 0.3) is 0 Å². The van der Waals surface area contributed by atoms with Crippen LogP contribution in [0.1, 0.15) is 0 Å². The number of benzene rings is 3. The van der Waals surface area contributed by atoms with Gasteiger partial charge in [-0.05, 0) is 0 Å². The van der Waals surface area contributed by atoms with Crippen molar-refractivity contribution in [1.29, 1.82) is 0 Å². The van der Waals surface area contributed by atoms with Crippen LogP contribution < -0.4 is 7.22 Å². The van der Waals surface area contributed by atoms with Crippen molar-refractivity contribution in [2.75, 3.05) is 0 Å². The van der Waals surface area contributed by atoms with E-state index in [-0.39, 0.29) is 0 Å². The first-order valence-electron chi connectivity index (χ1n) is 6.41. The molecule has 0 unspecified atom stereocenters. The second-order valence-electron chi connectivity index (χ2n) is 4.54. The number of hydrogen-bond acceptors (Lipinski definition) is 0. The van der Waals surface area contributed by atoms with Gasteiger partial charge in [0.15, 0.2) is 0 Å². The van der Waals surface area contributed by atoms with Crippen LogP contribution in [0.2, 0.25) is 0 Å². The second-order valence-corrected chi connectivity index (χ2v) is 10.2. The van der Waals surface area contributed by atoms with Crippen LogP contribution in [0.3, 0.4) is 0 Å². The molecule has 0 radical (unpaired) electrons. The standard InChI is InChI=1S/C17H12F3Te/c18-17(19,20)21(14-9-2-1-3-10-14)16-12-6-8-13-7-4-5-11-15(13)16/h1-12H/q+1. The fourth-order valence-electron chi connectivity index (χ4n) is 2.32. The third-order valence-corrected chi connectivity index (χ3v) is 8.89. The van der Waals surface area contributed by atoms with E-state index in [9.17, 15) is 13.2 Å². The Labute approximate surface area is 127 Å². The van der Waals surface area contributed by atoms with Gasteiger partial charge in [-0.2, -0.15) is 0 Å². The molecule has 0 fully saturated rings. The summed E-state index contributed by atoms with van der Waals surface area (Å²) in [6.45, 7) is 0. The van der Waals surface area contributed by atoms with Gasteiger partial charge in [-0.1, -0.05) is 0 Å². The summed E-state index contributed by atoms with van der Waals surface area (Å²) in [6, 6.07) is 20.8. The fourth-order valence-corrected chi connectivity index (χ4v) is 7.51. The first-order chi connectivity index (χ1) is 10.1. The molecule has 0 aromatic heterocycles. The van der Waals surface area contributed by atoms with Crippen LogP contribution >= 0.6 is 0 Å². The molecule has 0 atom stereocenters. The molecule has 0 amide bonds. The van der Waals surface area contributed by atoms with Crippen LogP contribution in [0.5, 0.6) is 0 Å². The molecule has 0 bridgehead atoms. The molecular weight excluding hydrogens is 389 g/mol. The summed E-state index contributed by atoms with van der Waals surface area (Å²) in [5, 5.41) is 1.58. The number of fused-ring (bicyclic) bond motifs is 1. The van der Waals surface area contributed by atoms with Gasteiger partial charge in [-0.3, -0.25) is 0 Å². The Morgan fingerprint density at radius 1 is 0.667 bits per heavy atom. The van der Waals surface area contributed by atoms with Crippen molar-refractivity contribution < 1.29 is 13.2 Å². The second kappa shape index (κ2) is 5.71. The van der Waals surface area contributed by atoms with Gasteiger partial charge < -0.3 is 0 Å². The Morgan fingerprint density at radius 2 is 1.29 bits per heavy atom. The molecule has 106 valence electrons. The van der Waals surface area contributed by atoms with E-state index in [1.165, 1.54) is 0 Å². The Kier molecular flexibility index (Phi) is 3.93. The summed E-state index contributed by atoms with van der Waals surface area (Å²) in [4.78, 5) is 0. The van der Waals surface area contributed by atoms with Crippen molar-refractivity contribution in [3.63, 3.8) is 0 Å². The van der Waals surface area contributed by atoms with Gasteiger partial charge in [0, 0.05) is 0 Å². The summed E-state index contributed by atoms with van der Waals surface area (Å²) in [6.07, 6.45) is 0. The number of halogens is 3. The summed E-state index contributed by atoms with van der Waals surface area (Å²) in [5.74, 6) is 0. The number of rotatable bonds is 2. The van der Waals surface area contributed by atoms with Crippen LogP contribution in [0.15, 0.2) is 72.8 Å². The van der Waals surface area contributed by atoms with Crippen molar-refractivity contribution in [2.45, 2.75) is 4.22 Å². The summed E-state index contributed by atoms with van der Waals surface area (Å²) in [5.41, 5.74) is 0. The average molecular weight is 401 g/mol. The molecule has 3 rings (SSSR count). The quantitative estimate of drug-likeness (QED) is 0.577. The summed E-state index contributed by atoms with van der Waals surface area (Å²) < 4.78 is 37.8. The van der Waals surface area contributed by atoms with Gasteiger partial charge in [-0.25, -0.2) is 0 Å². The number of alkyl halides is 3. The van der Waals surface area contributed by atoms with E-state index >= 15 is 0 Å². The van der Waals surface area contributed by atoms with Gasteiger partial charge in [0.2, 0.25) is 0 Å². The van der Waals surface area contributed by atoms with E-state index in [0.717, 1.165) is 10.8 Å². The van der Waals surface area contributed by atoms with Crippen LogP contribution in [-0.4, -0.2) is 23.8 Å². The fraction of sp³-hybridized carbons (Fsp3) is 0.0588. The zero-order chi connectivity index (χ0) is 14.9. The molecule has 3 aromatic carbocycles. The van der Waals surface area contributed by atoms with Gasteiger partial charge in [0.05, 0.1) is 0 Å². The summed E-state index contributed by atoms with van der Waals surface area (Å²) >= 11 is -3.67.